The molecule has 0 saturated carbocycles. The van der Waals surface area contributed by atoms with Crippen molar-refractivity contribution < 1.29 is 4.74 Å². The van der Waals surface area contributed by atoms with Crippen LogP contribution in [-0.2, 0) is 4.74 Å². The van der Waals surface area contributed by atoms with E-state index >= 15 is 0 Å². The van der Waals surface area contributed by atoms with Gasteiger partial charge in [0.05, 0.1) is 29.1 Å². The third kappa shape index (κ3) is 5.66. The number of hydrogen-bond donors (Lipinski definition) is 2. The van der Waals surface area contributed by atoms with Crippen LogP contribution in [0.25, 0.3) is 22.4 Å². The lowest BCUT2D eigenvalue weighted by Gasteiger charge is -2.22. The molecule has 2 aromatic carbocycles. The van der Waals surface area contributed by atoms with Gasteiger partial charge in [0.15, 0.2) is 0 Å². The topological polar surface area (TPSA) is 81.8 Å². The third-order valence-electron chi connectivity index (χ3n) is 6.13. The van der Waals surface area contributed by atoms with Crippen LogP contribution in [0.4, 0.5) is 5.69 Å². The SMILES string of the molecule is Cc1ccc(-c2nc(C=N)c(NC[C@@H]3CCCCCCO3)cc2-c2ccc(C#N)cc2)cc1. The molecular weight excluding hydrogens is 408 g/mol. The zero-order valence-electron chi connectivity index (χ0n) is 19.1. The molecule has 0 aliphatic carbocycles. The second-order valence-corrected chi connectivity index (χ2v) is 8.59. The number of nitriles is 1. The van der Waals surface area contributed by atoms with Crippen molar-refractivity contribution in [2.24, 2.45) is 0 Å². The van der Waals surface area contributed by atoms with E-state index in [4.69, 9.17) is 15.1 Å². The van der Waals surface area contributed by atoms with Crippen LogP contribution in [0.5, 0.6) is 0 Å². The van der Waals surface area contributed by atoms with Crippen molar-refractivity contribution in [2.45, 2.75) is 45.1 Å². The molecule has 0 spiro atoms. The standard InChI is InChI=1S/C28H30N4O/c1-20-7-11-23(12-8-20)28-25(22-13-9-21(17-29)10-14-22)16-26(27(18-30)32-28)31-19-24-6-4-2-3-5-15-33-24/h7-14,16,18,24,30-31H,2-6,15,19H2,1H3/t24-/m0/s1. The van der Waals surface area contributed by atoms with E-state index in [-0.39, 0.29) is 6.10 Å². The summed E-state index contributed by atoms with van der Waals surface area (Å²) in [5.41, 5.74) is 7.01. The number of anilines is 1. The first-order chi connectivity index (χ1) is 16.2. The Balaban J connectivity index is 1.71. The van der Waals surface area contributed by atoms with E-state index in [0.29, 0.717) is 17.8 Å². The third-order valence-corrected chi connectivity index (χ3v) is 6.13. The first-order valence-electron chi connectivity index (χ1n) is 11.7. The summed E-state index contributed by atoms with van der Waals surface area (Å²) < 4.78 is 6.05. The van der Waals surface area contributed by atoms with Gasteiger partial charge in [0.1, 0.15) is 5.69 Å². The van der Waals surface area contributed by atoms with Crippen LogP contribution < -0.4 is 5.32 Å². The summed E-state index contributed by atoms with van der Waals surface area (Å²) in [5.74, 6) is 0. The van der Waals surface area contributed by atoms with Gasteiger partial charge in [-0.3, -0.25) is 0 Å². The lowest BCUT2D eigenvalue weighted by atomic mass is 9.96. The van der Waals surface area contributed by atoms with Gasteiger partial charge in [-0.05, 0) is 43.5 Å². The van der Waals surface area contributed by atoms with Gasteiger partial charge in [0.25, 0.3) is 0 Å². The molecule has 33 heavy (non-hydrogen) atoms. The van der Waals surface area contributed by atoms with Crippen molar-refractivity contribution in [2.75, 3.05) is 18.5 Å². The summed E-state index contributed by atoms with van der Waals surface area (Å²) >= 11 is 0. The van der Waals surface area contributed by atoms with E-state index in [0.717, 1.165) is 47.5 Å². The van der Waals surface area contributed by atoms with Crippen LogP contribution in [-0.4, -0.2) is 30.5 Å². The lowest BCUT2D eigenvalue weighted by molar-refractivity contribution is 0.0441. The maximum Gasteiger partial charge on any atom is 0.104 e. The quantitative estimate of drug-likeness (QED) is 0.439. The van der Waals surface area contributed by atoms with E-state index in [1.165, 1.54) is 31.0 Å². The van der Waals surface area contributed by atoms with Gasteiger partial charge in [-0.1, -0.05) is 61.2 Å². The van der Waals surface area contributed by atoms with Crippen LogP contribution in [0, 0.1) is 23.7 Å². The van der Waals surface area contributed by atoms with Gasteiger partial charge in [-0.25, -0.2) is 4.98 Å². The summed E-state index contributed by atoms with van der Waals surface area (Å²) in [7, 11) is 0. The number of rotatable bonds is 6. The number of aromatic nitrogens is 1. The van der Waals surface area contributed by atoms with E-state index < -0.39 is 0 Å². The van der Waals surface area contributed by atoms with E-state index in [2.05, 4.69) is 48.6 Å². The first kappa shape index (κ1) is 22.7. The normalized spacial score (nSPS) is 16.3. The molecule has 5 heteroatoms. The number of benzene rings is 2. The van der Waals surface area contributed by atoms with Gasteiger partial charge in [0, 0.05) is 30.5 Å². The Hall–Kier alpha value is -3.49. The minimum absolute atomic E-state index is 0.166. The highest BCUT2D eigenvalue weighted by molar-refractivity contribution is 5.91. The molecule has 1 aliphatic heterocycles. The molecule has 168 valence electrons. The molecule has 1 aliphatic rings. The molecule has 5 nitrogen and oxygen atoms in total. The number of nitrogens with zero attached hydrogens (tertiary/aromatic N) is 2. The summed E-state index contributed by atoms with van der Waals surface area (Å²) in [6, 6.07) is 20.1. The smallest absolute Gasteiger partial charge is 0.104 e. The van der Waals surface area contributed by atoms with Crippen molar-refractivity contribution in [1.29, 1.82) is 10.7 Å². The number of hydrogen-bond acceptors (Lipinski definition) is 5. The zero-order valence-corrected chi connectivity index (χ0v) is 19.1. The molecule has 2 heterocycles. The fourth-order valence-corrected chi connectivity index (χ4v) is 4.20. The molecule has 0 radical (unpaired) electrons. The average molecular weight is 439 g/mol. The zero-order chi connectivity index (χ0) is 23.0. The monoisotopic (exact) mass is 438 g/mol. The summed E-state index contributed by atoms with van der Waals surface area (Å²) in [5, 5.41) is 20.7. The molecule has 2 N–H and O–H groups in total. The van der Waals surface area contributed by atoms with Crippen molar-refractivity contribution >= 4 is 11.9 Å². The van der Waals surface area contributed by atoms with Crippen LogP contribution in [0.2, 0.25) is 0 Å². The van der Waals surface area contributed by atoms with Crippen LogP contribution in [0.3, 0.4) is 0 Å². The number of nitrogens with one attached hydrogen (secondary N) is 2. The van der Waals surface area contributed by atoms with Gasteiger partial charge in [0.2, 0.25) is 0 Å². The molecule has 0 unspecified atom stereocenters. The van der Waals surface area contributed by atoms with E-state index in [1.807, 2.05) is 24.3 Å². The Kier molecular flexibility index (Phi) is 7.49. The van der Waals surface area contributed by atoms with Crippen molar-refractivity contribution in [1.82, 2.24) is 4.98 Å². The molecule has 1 fully saturated rings. The van der Waals surface area contributed by atoms with Gasteiger partial charge >= 0.3 is 0 Å². The fourth-order valence-electron chi connectivity index (χ4n) is 4.20. The first-order valence-corrected chi connectivity index (χ1v) is 11.7. The number of ether oxygens (including phenoxy) is 1. The second-order valence-electron chi connectivity index (χ2n) is 8.59. The van der Waals surface area contributed by atoms with Crippen molar-refractivity contribution in [3.05, 3.63) is 71.4 Å². The van der Waals surface area contributed by atoms with E-state index in [9.17, 15) is 5.26 Å². The minimum Gasteiger partial charge on any atom is -0.381 e. The molecule has 1 atom stereocenters. The largest absolute Gasteiger partial charge is 0.381 e. The number of aryl methyl sites for hydroxylation is 1. The highest BCUT2D eigenvalue weighted by atomic mass is 16.5. The fraction of sp³-hybridized carbons (Fsp3) is 0.321. The Bertz CT molecular complexity index is 1120. The Morgan fingerprint density at radius 2 is 1.79 bits per heavy atom. The summed E-state index contributed by atoms with van der Waals surface area (Å²) in [6.07, 6.45) is 7.34. The summed E-state index contributed by atoms with van der Waals surface area (Å²) in [6.45, 7) is 3.57. The van der Waals surface area contributed by atoms with Gasteiger partial charge in [-0.2, -0.15) is 5.26 Å². The maximum absolute atomic E-state index is 9.19. The van der Waals surface area contributed by atoms with Gasteiger partial charge in [-0.15, -0.1) is 0 Å². The number of pyridine rings is 1. The molecule has 3 aromatic rings. The molecule has 1 saturated heterocycles. The molecule has 0 bridgehead atoms. The van der Waals surface area contributed by atoms with Crippen LogP contribution in [0.1, 0.15) is 48.9 Å². The Morgan fingerprint density at radius 3 is 2.52 bits per heavy atom. The molecular formula is C28H30N4O. The van der Waals surface area contributed by atoms with Crippen LogP contribution >= 0.6 is 0 Å². The highest BCUT2D eigenvalue weighted by Gasteiger charge is 2.17. The molecule has 1 aromatic heterocycles. The van der Waals surface area contributed by atoms with E-state index in [1.54, 1.807) is 0 Å². The predicted molar refractivity (Wildman–Crippen MR) is 134 cm³/mol. The molecule has 4 rings (SSSR count). The summed E-state index contributed by atoms with van der Waals surface area (Å²) in [4.78, 5) is 4.90. The van der Waals surface area contributed by atoms with Gasteiger partial charge < -0.3 is 15.5 Å². The molecule has 0 amide bonds. The minimum atomic E-state index is 0.166. The van der Waals surface area contributed by atoms with Crippen LogP contribution in [0.15, 0.2) is 54.6 Å². The average Bonchev–Trinajstić information content (AvgIpc) is 2.83. The lowest BCUT2D eigenvalue weighted by Crippen LogP contribution is -2.25. The highest BCUT2D eigenvalue weighted by Crippen LogP contribution is 2.34. The second kappa shape index (κ2) is 10.9. The maximum atomic E-state index is 9.19. The Labute approximate surface area is 196 Å². The predicted octanol–water partition coefficient (Wildman–Crippen LogP) is 6.35. The van der Waals surface area contributed by atoms with Crippen molar-refractivity contribution in [3.63, 3.8) is 0 Å². The van der Waals surface area contributed by atoms with Crippen molar-refractivity contribution in [3.8, 4) is 28.5 Å². The Morgan fingerprint density at radius 1 is 1.06 bits per heavy atom.